The van der Waals surface area contributed by atoms with Gasteiger partial charge in [0.1, 0.15) is 17.0 Å². The zero-order chi connectivity index (χ0) is 18.5. The van der Waals surface area contributed by atoms with Crippen molar-refractivity contribution in [2.24, 2.45) is 0 Å². The molecule has 1 N–H and O–H groups in total. The lowest BCUT2D eigenvalue weighted by Crippen LogP contribution is -2.24. The largest absolute Gasteiger partial charge is 0.496 e. The number of esters is 1. The summed E-state index contributed by atoms with van der Waals surface area (Å²) in [6.45, 7) is 0.251. The smallest absolute Gasteiger partial charge is 0.341 e. The molecule has 0 saturated heterocycles. The van der Waals surface area contributed by atoms with Gasteiger partial charge in [0.2, 0.25) is 0 Å². The Morgan fingerprint density at radius 3 is 2.62 bits per heavy atom. The number of carbonyl (C=O) groups excluding carboxylic acids is 2. The van der Waals surface area contributed by atoms with Gasteiger partial charge in [-0.1, -0.05) is 30.3 Å². The maximum Gasteiger partial charge on any atom is 0.341 e. The number of hydrogen-bond donors (Lipinski definition) is 1. The molecule has 0 aliphatic heterocycles. The Morgan fingerprint density at radius 1 is 1.04 bits per heavy atom. The van der Waals surface area contributed by atoms with Crippen LogP contribution < -0.4 is 10.1 Å². The van der Waals surface area contributed by atoms with Crippen LogP contribution in [0.1, 0.15) is 26.4 Å². The van der Waals surface area contributed by atoms with E-state index in [4.69, 9.17) is 9.47 Å². The third kappa shape index (κ3) is 3.64. The molecule has 1 amide bonds. The lowest BCUT2D eigenvalue weighted by atomic mass is 10.1. The number of pyridine rings is 1. The predicted molar refractivity (Wildman–Crippen MR) is 97.2 cm³/mol. The normalized spacial score (nSPS) is 10.4. The molecule has 26 heavy (non-hydrogen) atoms. The summed E-state index contributed by atoms with van der Waals surface area (Å²) in [5.74, 6) is -0.361. The summed E-state index contributed by atoms with van der Waals surface area (Å²) in [7, 11) is 2.79. The summed E-state index contributed by atoms with van der Waals surface area (Å²) in [4.78, 5) is 28.6. The molecule has 1 heterocycles. The van der Waals surface area contributed by atoms with Crippen LogP contribution in [-0.2, 0) is 11.3 Å². The van der Waals surface area contributed by atoms with Gasteiger partial charge >= 0.3 is 5.97 Å². The second kappa shape index (κ2) is 7.65. The molecule has 0 saturated carbocycles. The number of methoxy groups -OCH3 is 2. The highest BCUT2D eigenvalue weighted by molar-refractivity contribution is 5.95. The number of para-hydroxylation sites is 1. The molecule has 6 nitrogen and oxygen atoms in total. The Kier molecular flexibility index (Phi) is 5.12. The van der Waals surface area contributed by atoms with E-state index >= 15 is 0 Å². The van der Waals surface area contributed by atoms with E-state index in [9.17, 15) is 9.59 Å². The fourth-order valence-electron chi connectivity index (χ4n) is 2.60. The van der Waals surface area contributed by atoms with Crippen molar-refractivity contribution in [2.45, 2.75) is 6.54 Å². The quantitative estimate of drug-likeness (QED) is 0.716. The predicted octanol–water partition coefficient (Wildman–Crippen LogP) is 2.96. The minimum Gasteiger partial charge on any atom is -0.496 e. The van der Waals surface area contributed by atoms with Crippen molar-refractivity contribution in [2.75, 3.05) is 14.2 Å². The van der Waals surface area contributed by atoms with E-state index in [0.717, 1.165) is 16.5 Å². The van der Waals surface area contributed by atoms with Crippen molar-refractivity contribution >= 4 is 22.8 Å². The first-order valence-electron chi connectivity index (χ1n) is 8.01. The molecule has 2 aromatic carbocycles. The summed E-state index contributed by atoms with van der Waals surface area (Å²) in [5.41, 5.74) is 2.16. The summed E-state index contributed by atoms with van der Waals surface area (Å²) in [6.07, 6.45) is 0. The van der Waals surface area contributed by atoms with E-state index in [1.54, 1.807) is 24.3 Å². The number of carbonyl (C=O) groups is 2. The van der Waals surface area contributed by atoms with Crippen LogP contribution in [0.3, 0.4) is 0 Å². The second-order valence-electron chi connectivity index (χ2n) is 5.60. The lowest BCUT2D eigenvalue weighted by molar-refractivity contribution is 0.0597. The lowest BCUT2D eigenvalue weighted by Gasteiger charge is -2.10. The van der Waals surface area contributed by atoms with Crippen LogP contribution in [0, 0.1) is 0 Å². The standard InChI is InChI=1S/C20H18N2O4/c1-25-18-10-7-13(11-15(18)20(24)26-2)12-21-19(23)17-9-8-14-5-3-4-6-16(14)22-17/h3-11H,12H2,1-2H3,(H,21,23). The van der Waals surface area contributed by atoms with Crippen molar-refractivity contribution < 1.29 is 19.1 Å². The molecule has 0 fully saturated rings. The van der Waals surface area contributed by atoms with Crippen molar-refractivity contribution in [3.63, 3.8) is 0 Å². The van der Waals surface area contributed by atoms with Gasteiger partial charge in [-0.05, 0) is 29.8 Å². The third-order valence-electron chi connectivity index (χ3n) is 3.95. The van der Waals surface area contributed by atoms with Crippen molar-refractivity contribution in [1.82, 2.24) is 10.3 Å². The molecule has 0 spiro atoms. The summed E-state index contributed by atoms with van der Waals surface area (Å²) in [5, 5.41) is 3.78. The summed E-state index contributed by atoms with van der Waals surface area (Å²) in [6, 6.07) is 16.2. The van der Waals surface area contributed by atoms with E-state index in [-0.39, 0.29) is 12.5 Å². The third-order valence-corrected chi connectivity index (χ3v) is 3.95. The van der Waals surface area contributed by atoms with E-state index in [1.807, 2.05) is 30.3 Å². The number of fused-ring (bicyclic) bond motifs is 1. The van der Waals surface area contributed by atoms with Crippen LogP contribution in [0.4, 0.5) is 0 Å². The number of nitrogens with zero attached hydrogens (tertiary/aromatic N) is 1. The molecule has 1 aromatic heterocycles. The molecule has 0 unspecified atom stereocenters. The van der Waals surface area contributed by atoms with Crippen LogP contribution in [0.15, 0.2) is 54.6 Å². The molecule has 0 aliphatic carbocycles. The number of ether oxygens (including phenoxy) is 2. The van der Waals surface area contributed by atoms with Crippen molar-refractivity contribution in [3.8, 4) is 5.75 Å². The zero-order valence-electron chi connectivity index (χ0n) is 14.5. The SMILES string of the molecule is COC(=O)c1cc(CNC(=O)c2ccc3ccccc3n2)ccc1OC. The molecule has 3 rings (SSSR count). The number of nitrogens with one attached hydrogen (secondary N) is 1. The number of benzene rings is 2. The van der Waals surface area contributed by atoms with Crippen molar-refractivity contribution in [1.29, 1.82) is 0 Å². The minimum absolute atomic E-state index is 0.251. The second-order valence-corrected chi connectivity index (χ2v) is 5.60. The fraction of sp³-hybridized carbons (Fsp3) is 0.150. The maximum atomic E-state index is 12.4. The highest BCUT2D eigenvalue weighted by Crippen LogP contribution is 2.21. The van der Waals surface area contributed by atoms with E-state index in [2.05, 4.69) is 10.3 Å². The molecule has 3 aromatic rings. The van der Waals surface area contributed by atoms with E-state index in [0.29, 0.717) is 17.0 Å². The molecule has 132 valence electrons. The number of rotatable bonds is 5. The Morgan fingerprint density at radius 2 is 1.85 bits per heavy atom. The van der Waals surface area contributed by atoms with Crippen LogP contribution in [0.25, 0.3) is 10.9 Å². The van der Waals surface area contributed by atoms with Crippen LogP contribution in [0.2, 0.25) is 0 Å². The van der Waals surface area contributed by atoms with Crippen LogP contribution in [-0.4, -0.2) is 31.1 Å². The fourth-order valence-corrected chi connectivity index (χ4v) is 2.60. The first kappa shape index (κ1) is 17.4. The molecular formula is C20H18N2O4. The van der Waals surface area contributed by atoms with Gasteiger partial charge in [0.05, 0.1) is 19.7 Å². The van der Waals surface area contributed by atoms with Gasteiger partial charge in [0.25, 0.3) is 5.91 Å². The average molecular weight is 350 g/mol. The monoisotopic (exact) mass is 350 g/mol. The van der Waals surface area contributed by atoms with Crippen LogP contribution in [0.5, 0.6) is 5.75 Å². The molecule has 0 bridgehead atoms. The van der Waals surface area contributed by atoms with Gasteiger partial charge in [-0.25, -0.2) is 9.78 Å². The number of amides is 1. The average Bonchev–Trinajstić information content (AvgIpc) is 2.70. The van der Waals surface area contributed by atoms with Gasteiger partial charge in [0, 0.05) is 11.9 Å². The van der Waals surface area contributed by atoms with Gasteiger partial charge in [0.15, 0.2) is 0 Å². The highest BCUT2D eigenvalue weighted by Gasteiger charge is 2.14. The Hall–Kier alpha value is -3.41. The van der Waals surface area contributed by atoms with E-state index in [1.165, 1.54) is 14.2 Å². The molecule has 6 heteroatoms. The van der Waals surface area contributed by atoms with Gasteiger partial charge < -0.3 is 14.8 Å². The molecular weight excluding hydrogens is 332 g/mol. The topological polar surface area (TPSA) is 77.5 Å². The summed E-state index contributed by atoms with van der Waals surface area (Å²) >= 11 is 0. The Bertz CT molecular complexity index is 969. The first-order chi connectivity index (χ1) is 12.6. The first-order valence-corrected chi connectivity index (χ1v) is 8.01. The molecule has 0 aliphatic rings. The minimum atomic E-state index is -0.494. The number of aromatic nitrogens is 1. The van der Waals surface area contributed by atoms with Gasteiger partial charge in [-0.15, -0.1) is 0 Å². The van der Waals surface area contributed by atoms with Gasteiger partial charge in [-0.2, -0.15) is 0 Å². The molecule has 0 atom stereocenters. The zero-order valence-corrected chi connectivity index (χ0v) is 14.5. The Balaban J connectivity index is 1.75. The van der Waals surface area contributed by atoms with E-state index < -0.39 is 5.97 Å². The van der Waals surface area contributed by atoms with Crippen molar-refractivity contribution in [3.05, 3.63) is 71.4 Å². The highest BCUT2D eigenvalue weighted by atomic mass is 16.5. The van der Waals surface area contributed by atoms with Gasteiger partial charge in [-0.3, -0.25) is 4.79 Å². The van der Waals surface area contributed by atoms with Crippen LogP contribution >= 0.6 is 0 Å². The Labute approximate surface area is 150 Å². The molecule has 0 radical (unpaired) electrons. The number of hydrogen-bond acceptors (Lipinski definition) is 5. The maximum absolute atomic E-state index is 12.4. The summed E-state index contributed by atoms with van der Waals surface area (Å²) < 4.78 is 9.91.